The Labute approximate surface area is 159 Å². The summed E-state index contributed by atoms with van der Waals surface area (Å²) in [5.41, 5.74) is 1.40. The number of nitrogens with zero attached hydrogens (tertiary/aromatic N) is 3. The molecule has 1 aliphatic rings. The van der Waals surface area contributed by atoms with E-state index in [1.54, 1.807) is 19.9 Å². The molecule has 0 saturated carbocycles. The number of nitro groups is 1. The van der Waals surface area contributed by atoms with Crippen LogP contribution in [0.1, 0.15) is 25.3 Å². The number of benzene rings is 1. The molecule has 0 fully saturated rings. The quantitative estimate of drug-likeness (QED) is 0.319. The van der Waals surface area contributed by atoms with Gasteiger partial charge >= 0.3 is 5.97 Å². The van der Waals surface area contributed by atoms with Crippen LogP contribution in [0.2, 0.25) is 0 Å². The van der Waals surface area contributed by atoms with E-state index in [9.17, 15) is 30.3 Å². The number of hydrogen-bond acceptors (Lipinski definition) is 9. The van der Waals surface area contributed by atoms with Gasteiger partial charge in [0.05, 0.1) is 28.1 Å². The van der Waals surface area contributed by atoms with Gasteiger partial charge in [-0.15, -0.1) is 10.1 Å². The van der Waals surface area contributed by atoms with Crippen LogP contribution in [0.5, 0.6) is 0 Å². The normalized spacial score (nSPS) is 16.1. The van der Waals surface area contributed by atoms with E-state index in [0.717, 1.165) is 0 Å². The standard InChI is InChI=1S/C17H16N4O7/c1-10-14(9-18)16(12-4-3-5-13(8-12)20(23)24)15(11(2)19-10)17(22)27-6-7-28-21(25)26/h3-5,8,16,19H,6-7H2,1-2H3. The number of non-ortho nitro benzene ring substituents is 1. The lowest BCUT2D eigenvalue weighted by Crippen LogP contribution is -2.29. The number of carbonyl (C=O) groups excluding carboxylic acids is 1. The largest absolute Gasteiger partial charge is 0.460 e. The van der Waals surface area contributed by atoms with E-state index in [-0.39, 0.29) is 23.4 Å². The van der Waals surface area contributed by atoms with Crippen LogP contribution in [0.3, 0.4) is 0 Å². The minimum Gasteiger partial charge on any atom is -0.460 e. The zero-order valence-corrected chi connectivity index (χ0v) is 15.0. The van der Waals surface area contributed by atoms with E-state index < -0.39 is 28.5 Å². The van der Waals surface area contributed by atoms with Crippen molar-refractivity contribution >= 4 is 11.7 Å². The van der Waals surface area contributed by atoms with Crippen molar-refractivity contribution in [3.05, 3.63) is 72.6 Å². The number of nitrogens with one attached hydrogen (secondary N) is 1. The third kappa shape index (κ3) is 4.42. The lowest BCUT2D eigenvalue weighted by Gasteiger charge is -2.28. The molecular weight excluding hydrogens is 372 g/mol. The monoisotopic (exact) mass is 388 g/mol. The van der Waals surface area contributed by atoms with Gasteiger partial charge in [-0.2, -0.15) is 5.26 Å². The molecule has 0 aromatic heterocycles. The Morgan fingerprint density at radius 1 is 1.25 bits per heavy atom. The van der Waals surface area contributed by atoms with Crippen molar-refractivity contribution in [3.8, 4) is 6.07 Å². The van der Waals surface area contributed by atoms with Gasteiger partial charge in [-0.1, -0.05) is 12.1 Å². The molecule has 1 aromatic carbocycles. The first-order valence-corrected chi connectivity index (χ1v) is 8.03. The number of nitriles is 1. The second-order valence-corrected chi connectivity index (χ2v) is 5.79. The summed E-state index contributed by atoms with van der Waals surface area (Å²) in [5, 5.41) is 32.8. The molecule has 0 radical (unpaired) electrons. The highest BCUT2D eigenvalue weighted by Crippen LogP contribution is 2.39. The van der Waals surface area contributed by atoms with Crippen LogP contribution >= 0.6 is 0 Å². The second-order valence-electron chi connectivity index (χ2n) is 5.79. The summed E-state index contributed by atoms with van der Waals surface area (Å²) in [6.07, 6.45) is 0. The van der Waals surface area contributed by atoms with Crippen molar-refractivity contribution in [2.24, 2.45) is 0 Å². The molecule has 1 atom stereocenters. The number of allylic oxidation sites excluding steroid dienone is 3. The molecule has 0 bridgehead atoms. The Hall–Kier alpha value is -3.94. The van der Waals surface area contributed by atoms with E-state index in [4.69, 9.17) is 4.74 Å². The minimum atomic E-state index is -1.01. The Morgan fingerprint density at radius 2 is 1.96 bits per heavy atom. The number of ether oxygens (including phenoxy) is 1. The van der Waals surface area contributed by atoms with Crippen LogP contribution in [0, 0.1) is 31.6 Å². The Kier molecular flexibility index (Phi) is 6.28. The summed E-state index contributed by atoms with van der Waals surface area (Å²) in [6, 6.07) is 7.66. The van der Waals surface area contributed by atoms with E-state index in [1.807, 2.05) is 6.07 Å². The average Bonchev–Trinajstić information content (AvgIpc) is 2.64. The number of esters is 1. The van der Waals surface area contributed by atoms with Gasteiger partial charge in [-0.25, -0.2) is 4.79 Å². The maximum atomic E-state index is 12.6. The number of rotatable bonds is 7. The van der Waals surface area contributed by atoms with Gasteiger partial charge in [-0.05, 0) is 19.4 Å². The van der Waals surface area contributed by atoms with Crippen molar-refractivity contribution in [2.75, 3.05) is 13.2 Å². The van der Waals surface area contributed by atoms with Gasteiger partial charge in [0.15, 0.2) is 0 Å². The SMILES string of the molecule is CC1=C(C#N)C(c2cccc([N+](=O)[O-])c2)C(C(=O)OCCO[N+](=O)[O-])=C(C)N1. The lowest BCUT2D eigenvalue weighted by molar-refractivity contribution is -0.757. The molecule has 2 rings (SSSR count). The Bertz CT molecular complexity index is 930. The van der Waals surface area contributed by atoms with Crippen LogP contribution in [-0.4, -0.2) is 29.2 Å². The molecule has 0 saturated heterocycles. The smallest absolute Gasteiger partial charge is 0.336 e. The summed E-state index contributed by atoms with van der Waals surface area (Å²) in [7, 11) is 0. The summed E-state index contributed by atoms with van der Waals surface area (Å²) in [6.45, 7) is 2.44. The molecule has 0 amide bonds. The maximum Gasteiger partial charge on any atom is 0.336 e. The predicted octanol–water partition coefficient (Wildman–Crippen LogP) is 2.10. The first-order valence-electron chi connectivity index (χ1n) is 8.03. The van der Waals surface area contributed by atoms with Crippen molar-refractivity contribution < 1.29 is 24.4 Å². The van der Waals surface area contributed by atoms with Gasteiger partial charge in [-0.3, -0.25) is 10.1 Å². The Morgan fingerprint density at radius 3 is 2.57 bits per heavy atom. The zero-order valence-electron chi connectivity index (χ0n) is 15.0. The molecule has 1 heterocycles. The van der Waals surface area contributed by atoms with Crippen LogP contribution in [0.25, 0.3) is 0 Å². The van der Waals surface area contributed by atoms with Crippen molar-refractivity contribution in [1.29, 1.82) is 5.26 Å². The van der Waals surface area contributed by atoms with Crippen LogP contribution in [0.4, 0.5) is 5.69 Å². The summed E-state index contributed by atoms with van der Waals surface area (Å²) in [4.78, 5) is 37.4. The van der Waals surface area contributed by atoms with E-state index in [0.29, 0.717) is 17.0 Å². The van der Waals surface area contributed by atoms with Crippen LogP contribution in [-0.2, 0) is 14.4 Å². The van der Waals surface area contributed by atoms with E-state index >= 15 is 0 Å². The molecule has 11 heteroatoms. The van der Waals surface area contributed by atoms with Crippen molar-refractivity contribution in [1.82, 2.24) is 5.32 Å². The summed E-state index contributed by atoms with van der Waals surface area (Å²) in [5.74, 6) is -1.69. The van der Waals surface area contributed by atoms with Gasteiger partial charge in [0, 0.05) is 23.5 Å². The number of dihydropyridines is 1. The average molecular weight is 388 g/mol. The Balaban J connectivity index is 2.41. The lowest BCUT2D eigenvalue weighted by atomic mass is 9.81. The minimum absolute atomic E-state index is 0.0868. The fourth-order valence-electron chi connectivity index (χ4n) is 2.89. The second kappa shape index (κ2) is 8.63. The molecule has 146 valence electrons. The van der Waals surface area contributed by atoms with Crippen molar-refractivity contribution in [2.45, 2.75) is 19.8 Å². The molecule has 28 heavy (non-hydrogen) atoms. The number of nitro benzene ring substituents is 1. The first-order chi connectivity index (χ1) is 13.3. The highest BCUT2D eigenvalue weighted by Gasteiger charge is 2.34. The summed E-state index contributed by atoms with van der Waals surface area (Å²) < 4.78 is 5.03. The fourth-order valence-corrected chi connectivity index (χ4v) is 2.89. The van der Waals surface area contributed by atoms with Gasteiger partial charge in [0.2, 0.25) is 0 Å². The molecule has 11 nitrogen and oxygen atoms in total. The van der Waals surface area contributed by atoms with Gasteiger partial charge in [0.25, 0.3) is 10.8 Å². The molecule has 1 aromatic rings. The molecule has 1 N–H and O–H groups in total. The first kappa shape index (κ1) is 20.4. The third-order valence-corrected chi connectivity index (χ3v) is 4.03. The topological polar surface area (TPSA) is 158 Å². The molecule has 0 spiro atoms. The highest BCUT2D eigenvalue weighted by molar-refractivity contribution is 5.93. The van der Waals surface area contributed by atoms with Gasteiger partial charge < -0.3 is 14.9 Å². The van der Waals surface area contributed by atoms with Gasteiger partial charge in [0.1, 0.15) is 13.2 Å². The van der Waals surface area contributed by atoms with E-state index in [2.05, 4.69) is 10.2 Å². The maximum absolute atomic E-state index is 12.6. The number of carbonyl (C=O) groups is 1. The van der Waals surface area contributed by atoms with Crippen molar-refractivity contribution in [3.63, 3.8) is 0 Å². The third-order valence-electron chi connectivity index (χ3n) is 4.03. The highest BCUT2D eigenvalue weighted by atomic mass is 17.0. The van der Waals surface area contributed by atoms with Crippen LogP contribution in [0.15, 0.2) is 46.8 Å². The predicted molar refractivity (Wildman–Crippen MR) is 93.9 cm³/mol. The fraction of sp³-hybridized carbons (Fsp3) is 0.294. The molecule has 1 aliphatic heterocycles. The molecular formula is C17H16N4O7. The zero-order chi connectivity index (χ0) is 20.8. The van der Waals surface area contributed by atoms with E-state index in [1.165, 1.54) is 18.2 Å². The molecule has 0 aliphatic carbocycles. The summed E-state index contributed by atoms with van der Waals surface area (Å²) >= 11 is 0. The van der Waals surface area contributed by atoms with Crippen LogP contribution < -0.4 is 5.32 Å². The molecule has 1 unspecified atom stereocenters. The number of hydrogen-bond donors (Lipinski definition) is 1.